The van der Waals surface area contributed by atoms with Gasteiger partial charge in [0.2, 0.25) is 11.8 Å². The Morgan fingerprint density at radius 3 is 2.42 bits per heavy atom. The Hall–Kier alpha value is -5.63. The number of nitrogens with one attached hydrogen (secondary N) is 4. The zero-order chi connectivity index (χ0) is 41.3. The number of hydrogen-bond acceptors (Lipinski definition) is 9. The second-order valence-electron chi connectivity index (χ2n) is 14.9. The first-order chi connectivity index (χ1) is 27.3. The fraction of sp³-hybridized carbons (Fsp3) is 0.442. The number of hydrogen-bond donors (Lipinski definition) is 4. The maximum absolute atomic E-state index is 15.3. The Labute approximate surface area is 331 Å². The van der Waals surface area contributed by atoms with Crippen molar-refractivity contribution in [2.45, 2.75) is 112 Å². The number of ether oxygens (including phenoxy) is 2. The SMILES string of the molecule is CC.CCC1C(=O)OCc2c1cc1n(c2=O)Cc2c-1nc1cc(F)c(C)c3c1c2C(NC(=O)OCc1ccc(NC(=O)C(C)NC(=O)C(NC)C(C)C)cc1)CC3. The van der Waals surface area contributed by atoms with Crippen molar-refractivity contribution in [2.24, 2.45) is 5.92 Å². The van der Waals surface area contributed by atoms with E-state index in [1.54, 1.807) is 49.7 Å². The Bertz CT molecular complexity index is 2300. The van der Waals surface area contributed by atoms with Gasteiger partial charge in [0.1, 0.15) is 25.1 Å². The molecule has 0 saturated carbocycles. The molecule has 4 N–H and O–H groups in total. The first kappa shape index (κ1) is 41.0. The molecule has 13 nitrogen and oxygen atoms in total. The number of carbonyl (C=O) groups excluding carboxylic acids is 4. The van der Waals surface area contributed by atoms with E-state index < -0.39 is 30.1 Å². The number of esters is 1. The molecule has 0 fully saturated rings. The normalized spacial score (nSPS) is 17.3. The lowest BCUT2D eigenvalue weighted by Crippen LogP contribution is -2.51. The standard InChI is InChI=1S/C41H45FN6O7.C2H6/c1-7-24-26-14-32-36-27(16-48(32)39(51)28(26)18-54-40(24)52)34-30(13-12-25-20(4)29(42)15-31(46-36)33(25)34)47-41(53)55-17-22-8-10-23(11-9-22)45-37(49)21(5)44-38(50)35(43-6)19(2)3;1-2/h8-11,14-15,19,21,24,30,35,43H,7,12-13,16-18H2,1-6H3,(H,44,50)(H,45,49)(H,47,53);1-2H3. The number of amides is 3. The van der Waals surface area contributed by atoms with Crippen molar-refractivity contribution in [1.29, 1.82) is 0 Å². The van der Waals surface area contributed by atoms with Gasteiger partial charge >= 0.3 is 12.1 Å². The number of likely N-dealkylation sites (N-methyl/N-ethyl adjacent to an activating group) is 1. The van der Waals surface area contributed by atoms with Gasteiger partial charge in [0.05, 0.1) is 47.0 Å². The molecular formula is C43H51FN6O7. The molecule has 2 aromatic carbocycles. The van der Waals surface area contributed by atoms with Crippen molar-refractivity contribution < 1.29 is 33.0 Å². The van der Waals surface area contributed by atoms with Gasteiger partial charge in [-0.05, 0) is 92.1 Å². The molecule has 1 aliphatic carbocycles. The van der Waals surface area contributed by atoms with E-state index in [-0.39, 0.29) is 54.8 Å². The fourth-order valence-electron chi connectivity index (χ4n) is 8.12. The van der Waals surface area contributed by atoms with Crippen molar-refractivity contribution in [1.82, 2.24) is 25.5 Å². The average molecular weight is 783 g/mol. The third-order valence-corrected chi connectivity index (χ3v) is 11.1. The smallest absolute Gasteiger partial charge is 0.407 e. The van der Waals surface area contributed by atoms with E-state index in [0.717, 1.165) is 22.1 Å². The summed E-state index contributed by atoms with van der Waals surface area (Å²) in [5.41, 5.74) is 6.39. The molecule has 14 heteroatoms. The van der Waals surface area contributed by atoms with Gasteiger partial charge in [-0.25, -0.2) is 14.2 Å². The number of carbonyl (C=O) groups is 4. The van der Waals surface area contributed by atoms with Crippen LogP contribution in [0.4, 0.5) is 14.9 Å². The molecule has 2 aliphatic heterocycles. The number of cyclic esters (lactones) is 1. The lowest BCUT2D eigenvalue weighted by Gasteiger charge is -2.29. The molecule has 0 saturated heterocycles. The minimum Gasteiger partial charge on any atom is -0.460 e. The van der Waals surface area contributed by atoms with E-state index in [0.29, 0.717) is 64.1 Å². The number of pyridine rings is 2. The van der Waals surface area contributed by atoms with Crippen molar-refractivity contribution in [2.75, 3.05) is 12.4 Å². The van der Waals surface area contributed by atoms with E-state index in [1.165, 1.54) is 6.07 Å². The average Bonchev–Trinajstić information content (AvgIpc) is 3.56. The number of fused-ring (bicyclic) bond motifs is 5. The third-order valence-electron chi connectivity index (χ3n) is 11.1. The maximum atomic E-state index is 15.3. The highest BCUT2D eigenvalue weighted by molar-refractivity contribution is 5.97. The van der Waals surface area contributed by atoms with Crippen LogP contribution in [0.2, 0.25) is 0 Å². The van der Waals surface area contributed by atoms with Gasteiger partial charge in [0, 0.05) is 22.7 Å². The van der Waals surface area contributed by atoms with Gasteiger partial charge in [-0.2, -0.15) is 0 Å². The van der Waals surface area contributed by atoms with E-state index in [4.69, 9.17) is 14.5 Å². The van der Waals surface area contributed by atoms with Gasteiger partial charge in [0.15, 0.2) is 0 Å². The zero-order valence-electron chi connectivity index (χ0n) is 33.7. The molecule has 4 heterocycles. The van der Waals surface area contributed by atoms with Crippen LogP contribution in [-0.2, 0) is 50.0 Å². The Morgan fingerprint density at radius 2 is 1.75 bits per heavy atom. The Kier molecular flexibility index (Phi) is 12.1. The second-order valence-corrected chi connectivity index (χ2v) is 14.9. The molecule has 4 unspecified atom stereocenters. The van der Waals surface area contributed by atoms with E-state index >= 15 is 4.39 Å². The van der Waals surface area contributed by atoms with Crippen LogP contribution in [-0.4, -0.2) is 52.6 Å². The third kappa shape index (κ3) is 7.74. The van der Waals surface area contributed by atoms with Gasteiger partial charge in [0.25, 0.3) is 5.56 Å². The number of benzene rings is 2. The molecule has 2 aromatic heterocycles. The highest BCUT2D eigenvalue weighted by Gasteiger charge is 2.38. The Morgan fingerprint density at radius 1 is 1.04 bits per heavy atom. The lowest BCUT2D eigenvalue weighted by molar-refractivity contribution is -0.148. The van der Waals surface area contributed by atoms with E-state index in [2.05, 4.69) is 21.3 Å². The fourth-order valence-corrected chi connectivity index (χ4v) is 8.12. The predicted octanol–water partition coefficient (Wildman–Crippen LogP) is 6.05. The summed E-state index contributed by atoms with van der Waals surface area (Å²) in [6.07, 6.45) is 0.789. The van der Waals surface area contributed by atoms with Gasteiger partial charge in [-0.15, -0.1) is 0 Å². The number of anilines is 1. The van der Waals surface area contributed by atoms with Crippen LogP contribution in [0.1, 0.15) is 105 Å². The van der Waals surface area contributed by atoms with Crippen molar-refractivity contribution >= 4 is 40.5 Å². The summed E-state index contributed by atoms with van der Waals surface area (Å²) >= 11 is 0. The summed E-state index contributed by atoms with van der Waals surface area (Å²) in [5, 5.41) is 12.3. The van der Waals surface area contributed by atoms with Gasteiger partial charge < -0.3 is 35.3 Å². The number of rotatable bonds is 10. The maximum Gasteiger partial charge on any atom is 0.407 e. The van der Waals surface area contributed by atoms with Crippen molar-refractivity contribution in [3.05, 3.63) is 91.5 Å². The Balaban J connectivity index is 0.00000270. The zero-order valence-corrected chi connectivity index (χ0v) is 33.7. The molecule has 4 aromatic rings. The summed E-state index contributed by atoms with van der Waals surface area (Å²) in [4.78, 5) is 70.0. The highest BCUT2D eigenvalue weighted by atomic mass is 19.1. The van der Waals surface area contributed by atoms with Crippen molar-refractivity contribution in [3.8, 4) is 11.4 Å². The van der Waals surface area contributed by atoms with Crippen LogP contribution >= 0.6 is 0 Å². The summed E-state index contributed by atoms with van der Waals surface area (Å²) in [6, 6.07) is 8.37. The van der Waals surface area contributed by atoms with Crippen LogP contribution in [0, 0.1) is 18.7 Å². The summed E-state index contributed by atoms with van der Waals surface area (Å²) in [7, 11) is 1.70. The highest BCUT2D eigenvalue weighted by Crippen LogP contribution is 2.45. The molecule has 0 radical (unpaired) electrons. The van der Waals surface area contributed by atoms with E-state index in [9.17, 15) is 24.0 Å². The number of alkyl carbamates (subject to hydrolysis) is 1. The molecule has 3 amide bonds. The minimum absolute atomic E-state index is 0.0452. The number of aryl methyl sites for hydroxylation is 1. The summed E-state index contributed by atoms with van der Waals surface area (Å²) < 4.78 is 27.9. The number of halogens is 1. The second kappa shape index (κ2) is 16.8. The topological polar surface area (TPSA) is 170 Å². The van der Waals surface area contributed by atoms with Gasteiger partial charge in [-0.1, -0.05) is 46.8 Å². The molecular weight excluding hydrogens is 732 g/mol. The lowest BCUT2D eigenvalue weighted by atomic mass is 9.81. The first-order valence-corrected chi connectivity index (χ1v) is 19.7. The van der Waals surface area contributed by atoms with Crippen molar-refractivity contribution in [3.63, 3.8) is 0 Å². The molecule has 4 atom stereocenters. The largest absolute Gasteiger partial charge is 0.460 e. The molecule has 7 rings (SSSR count). The number of nitrogens with zero attached hydrogens (tertiary/aromatic N) is 2. The van der Waals surface area contributed by atoms with Crippen LogP contribution in [0.5, 0.6) is 0 Å². The summed E-state index contributed by atoms with van der Waals surface area (Å²) in [6.45, 7) is 13.1. The monoisotopic (exact) mass is 782 g/mol. The summed E-state index contributed by atoms with van der Waals surface area (Å²) in [5.74, 6) is -1.90. The predicted molar refractivity (Wildman–Crippen MR) is 214 cm³/mol. The van der Waals surface area contributed by atoms with Crippen LogP contribution in [0.3, 0.4) is 0 Å². The molecule has 0 bridgehead atoms. The quantitative estimate of drug-likeness (QED) is 0.123. The molecule has 3 aliphatic rings. The number of aromatic nitrogens is 2. The first-order valence-electron chi connectivity index (χ1n) is 19.7. The van der Waals surface area contributed by atoms with Crippen LogP contribution in [0.25, 0.3) is 22.3 Å². The van der Waals surface area contributed by atoms with Crippen LogP contribution in [0.15, 0.2) is 41.2 Å². The van der Waals surface area contributed by atoms with Crippen LogP contribution < -0.4 is 26.8 Å². The molecule has 57 heavy (non-hydrogen) atoms. The molecule has 302 valence electrons. The van der Waals surface area contributed by atoms with Gasteiger partial charge in [-0.3, -0.25) is 19.2 Å². The van der Waals surface area contributed by atoms with E-state index in [1.807, 2.05) is 40.7 Å². The minimum atomic E-state index is -0.763. The molecule has 0 spiro atoms.